The van der Waals surface area contributed by atoms with Crippen molar-refractivity contribution in [3.05, 3.63) is 59.4 Å². The molecule has 2 aromatic carbocycles. The summed E-state index contributed by atoms with van der Waals surface area (Å²) in [4.78, 5) is 24.4. The summed E-state index contributed by atoms with van der Waals surface area (Å²) in [7, 11) is -3.79. The fourth-order valence-corrected chi connectivity index (χ4v) is 5.75. The van der Waals surface area contributed by atoms with Crippen LogP contribution in [0.25, 0.3) is 0 Å². The number of carbonyl (C=O) groups is 2. The zero-order chi connectivity index (χ0) is 24.0. The monoisotopic (exact) mass is 475 g/mol. The molecule has 9 heteroatoms. The van der Waals surface area contributed by atoms with Gasteiger partial charge in [0.2, 0.25) is 10.0 Å². The first kappa shape index (κ1) is 24.9. The summed E-state index contributed by atoms with van der Waals surface area (Å²) in [5.41, 5.74) is 1.93. The van der Waals surface area contributed by atoms with Crippen molar-refractivity contribution >= 4 is 27.5 Å². The second-order valence-electron chi connectivity index (χ2n) is 8.23. The number of nitrogens with one attached hydrogen (secondary N) is 2. The van der Waals surface area contributed by atoms with Gasteiger partial charge in [0, 0.05) is 24.8 Å². The number of carbonyl (C=O) groups excluding carboxylic acids is 2. The Morgan fingerprint density at radius 3 is 2.48 bits per heavy atom. The first-order valence-corrected chi connectivity index (χ1v) is 12.6. The van der Waals surface area contributed by atoms with Gasteiger partial charge in [0.25, 0.3) is 0 Å². The van der Waals surface area contributed by atoms with Gasteiger partial charge in [0.15, 0.2) is 0 Å². The molecule has 33 heavy (non-hydrogen) atoms. The Hall–Kier alpha value is -2.78. The maximum Gasteiger partial charge on any atom is 0.313 e. The van der Waals surface area contributed by atoms with Crippen molar-refractivity contribution in [2.45, 2.75) is 56.9 Å². The lowest BCUT2D eigenvalue weighted by Gasteiger charge is -2.34. The number of halogens is 1. The van der Waals surface area contributed by atoms with Crippen LogP contribution < -0.4 is 10.6 Å². The van der Waals surface area contributed by atoms with Crippen LogP contribution in [-0.4, -0.2) is 43.7 Å². The average molecular weight is 476 g/mol. The lowest BCUT2D eigenvalue weighted by Crippen LogP contribution is -2.45. The quantitative estimate of drug-likeness (QED) is 0.600. The van der Waals surface area contributed by atoms with Gasteiger partial charge in [-0.1, -0.05) is 25.5 Å². The summed E-state index contributed by atoms with van der Waals surface area (Å²) in [5, 5.41) is 5.14. The summed E-state index contributed by atoms with van der Waals surface area (Å²) in [5.74, 6) is -1.99. The van der Waals surface area contributed by atoms with E-state index in [4.69, 9.17) is 0 Å². The van der Waals surface area contributed by atoms with Crippen molar-refractivity contribution in [3.8, 4) is 0 Å². The van der Waals surface area contributed by atoms with Crippen LogP contribution in [0.5, 0.6) is 0 Å². The molecule has 1 heterocycles. The Kier molecular flexibility index (Phi) is 8.20. The summed E-state index contributed by atoms with van der Waals surface area (Å²) >= 11 is 0. The Balaban J connectivity index is 1.57. The molecule has 2 amide bonds. The Labute approximate surface area is 194 Å². The molecule has 1 aliphatic heterocycles. The van der Waals surface area contributed by atoms with E-state index >= 15 is 0 Å². The van der Waals surface area contributed by atoms with Gasteiger partial charge >= 0.3 is 11.8 Å². The number of piperidine rings is 1. The van der Waals surface area contributed by atoms with E-state index in [-0.39, 0.29) is 23.0 Å². The Morgan fingerprint density at radius 2 is 1.82 bits per heavy atom. The third-order valence-electron chi connectivity index (χ3n) is 5.90. The first-order chi connectivity index (χ1) is 15.7. The fourth-order valence-electron chi connectivity index (χ4n) is 3.94. The molecule has 2 N–H and O–H groups in total. The van der Waals surface area contributed by atoms with Gasteiger partial charge in [-0.05, 0) is 74.1 Å². The van der Waals surface area contributed by atoms with E-state index in [9.17, 15) is 22.4 Å². The van der Waals surface area contributed by atoms with Gasteiger partial charge in [-0.3, -0.25) is 9.59 Å². The van der Waals surface area contributed by atoms with Crippen LogP contribution in [0.4, 0.5) is 10.1 Å². The van der Waals surface area contributed by atoms with E-state index < -0.39 is 27.7 Å². The maximum atomic E-state index is 13.6. The predicted octanol–water partition coefficient (Wildman–Crippen LogP) is 3.38. The highest BCUT2D eigenvalue weighted by molar-refractivity contribution is 7.89. The van der Waals surface area contributed by atoms with Crippen LogP contribution in [0.1, 0.15) is 43.7 Å². The molecular formula is C24H30FN3O4S. The molecule has 178 valence electrons. The smallest absolute Gasteiger partial charge is 0.313 e. The largest absolute Gasteiger partial charge is 0.348 e. The lowest BCUT2D eigenvalue weighted by atomic mass is 10.0. The van der Waals surface area contributed by atoms with Gasteiger partial charge < -0.3 is 10.6 Å². The molecule has 1 saturated heterocycles. The second-order valence-corrected chi connectivity index (χ2v) is 10.1. The van der Waals surface area contributed by atoms with Crippen LogP contribution in [-0.2, 0) is 26.0 Å². The van der Waals surface area contributed by atoms with E-state index in [1.165, 1.54) is 23.4 Å². The highest BCUT2D eigenvalue weighted by atomic mass is 32.2. The van der Waals surface area contributed by atoms with Crippen molar-refractivity contribution in [1.29, 1.82) is 0 Å². The summed E-state index contributed by atoms with van der Waals surface area (Å²) in [6.45, 7) is 4.09. The van der Waals surface area contributed by atoms with Crippen molar-refractivity contribution in [2.24, 2.45) is 0 Å². The van der Waals surface area contributed by atoms with Crippen molar-refractivity contribution < 1.29 is 22.4 Å². The number of hydrogen-bond donors (Lipinski definition) is 2. The molecule has 0 radical (unpaired) electrons. The standard InChI is InChI=1S/C24H30FN3O4S/c1-3-18-7-9-19(10-8-18)27-24(30)23(29)26-14-13-20-6-4-5-15-28(20)33(31,32)21-11-12-22(25)17(2)16-21/h7-12,16,20H,3-6,13-15H2,1-2H3,(H,26,29)(H,27,30)/t20-/m0/s1. The molecule has 7 nitrogen and oxygen atoms in total. The van der Waals surface area contributed by atoms with E-state index in [1.54, 1.807) is 12.1 Å². The molecule has 1 fully saturated rings. The zero-order valence-corrected chi connectivity index (χ0v) is 19.8. The molecule has 1 aliphatic rings. The van der Waals surface area contributed by atoms with Crippen LogP contribution in [0, 0.1) is 12.7 Å². The molecule has 0 aliphatic carbocycles. The zero-order valence-electron chi connectivity index (χ0n) is 18.9. The molecule has 0 unspecified atom stereocenters. The summed E-state index contributed by atoms with van der Waals surface area (Å²) in [6.07, 6.45) is 3.53. The number of amides is 2. The minimum atomic E-state index is -3.79. The number of anilines is 1. The number of nitrogens with zero attached hydrogens (tertiary/aromatic N) is 1. The number of hydrogen-bond acceptors (Lipinski definition) is 4. The number of benzene rings is 2. The third-order valence-corrected chi connectivity index (χ3v) is 7.85. The van der Waals surface area contributed by atoms with Crippen LogP contribution in [0.3, 0.4) is 0 Å². The van der Waals surface area contributed by atoms with Crippen LogP contribution >= 0.6 is 0 Å². The fraction of sp³-hybridized carbons (Fsp3) is 0.417. The lowest BCUT2D eigenvalue weighted by molar-refractivity contribution is -0.136. The average Bonchev–Trinajstić information content (AvgIpc) is 2.81. The van der Waals surface area contributed by atoms with Gasteiger partial charge in [-0.25, -0.2) is 12.8 Å². The first-order valence-electron chi connectivity index (χ1n) is 11.2. The molecular weight excluding hydrogens is 445 g/mol. The minimum Gasteiger partial charge on any atom is -0.348 e. The van der Waals surface area contributed by atoms with E-state index in [2.05, 4.69) is 10.6 Å². The minimum absolute atomic E-state index is 0.0609. The molecule has 0 spiro atoms. The van der Waals surface area contributed by atoms with Gasteiger partial charge in [-0.2, -0.15) is 4.31 Å². The van der Waals surface area contributed by atoms with Crippen molar-refractivity contribution in [2.75, 3.05) is 18.4 Å². The molecule has 0 bridgehead atoms. The number of rotatable bonds is 7. The van der Waals surface area contributed by atoms with Crippen LogP contribution in [0.2, 0.25) is 0 Å². The molecule has 2 aromatic rings. The topological polar surface area (TPSA) is 95.6 Å². The highest BCUT2D eigenvalue weighted by Gasteiger charge is 2.33. The molecule has 0 aromatic heterocycles. The van der Waals surface area contributed by atoms with Gasteiger partial charge in [0.05, 0.1) is 4.90 Å². The second kappa shape index (κ2) is 10.9. The molecule has 0 saturated carbocycles. The predicted molar refractivity (Wildman–Crippen MR) is 125 cm³/mol. The SMILES string of the molecule is CCc1ccc(NC(=O)C(=O)NCC[C@@H]2CCCCN2S(=O)(=O)c2ccc(F)c(C)c2)cc1. The van der Waals surface area contributed by atoms with Gasteiger partial charge in [-0.15, -0.1) is 0 Å². The van der Waals surface area contributed by atoms with Gasteiger partial charge in [0.1, 0.15) is 5.82 Å². The van der Waals surface area contributed by atoms with Crippen molar-refractivity contribution in [3.63, 3.8) is 0 Å². The molecule has 1 atom stereocenters. The van der Waals surface area contributed by atoms with E-state index in [1.807, 2.05) is 19.1 Å². The Bertz CT molecular complexity index is 1100. The highest BCUT2D eigenvalue weighted by Crippen LogP contribution is 2.27. The van der Waals surface area contributed by atoms with E-state index in [0.717, 1.165) is 30.9 Å². The van der Waals surface area contributed by atoms with Crippen molar-refractivity contribution in [1.82, 2.24) is 9.62 Å². The van der Waals surface area contributed by atoms with E-state index in [0.29, 0.717) is 25.1 Å². The van der Waals surface area contributed by atoms with Crippen LogP contribution in [0.15, 0.2) is 47.4 Å². The number of aryl methyl sites for hydroxylation is 2. The summed E-state index contributed by atoms with van der Waals surface area (Å²) in [6, 6.07) is 10.7. The number of sulfonamides is 1. The normalized spacial score (nSPS) is 16.9. The molecule has 3 rings (SSSR count). The third kappa shape index (κ3) is 6.17. The summed E-state index contributed by atoms with van der Waals surface area (Å²) < 4.78 is 41.4. The Morgan fingerprint density at radius 1 is 1.09 bits per heavy atom. The maximum absolute atomic E-state index is 13.6.